The first-order valence-electron chi connectivity index (χ1n) is 57.7. The largest absolute Gasteiger partial charge is 0.472 e. The standard InChI is InChI=1S/C123H212O16P2/c1-4-7-10-13-16-19-22-25-28-31-34-37-40-43-46-49-52-55-58-61-64-67-70-73-76-79-82-85-88-91-94-97-100-103-106-109-121(126)133-112-118(124)113-135-140(129,130)136-114-119(125)115-137-141(131,132)138-117-120(139-123(128)111-108-105-102-99-96-93-90-87-84-81-78-75-72-69-66-63-60-57-54-51-48-45-42-39-36-33-30-27-24-21-18-15-12-9-6-3)116-134-122(127)110-107-104-101-98-95-92-89-86-83-80-77-74-71-68-65-62-59-56-53-50-47-44-41-38-35-32-29-26-23-20-17-14-11-8-5-2/h7-8,10-11,16-21,25-30,34-39,43-48,52-53,55-56,118-120,124-125H,4-6,9,12-15,22-24,31-33,40-42,49-51,54,57-117H2,1-3H3,(H,129,130)(H,131,132)/b10-7-,11-8-,19-16-,20-17-,21-18-,28-25-,29-26-,30-27-,37-34-,38-35-,39-36-,46-43-,47-44-,48-45-,55-52-,56-53-. The summed E-state index contributed by atoms with van der Waals surface area (Å²) < 4.78 is 61.9. The molecule has 0 amide bonds. The molecule has 0 aromatic rings. The van der Waals surface area contributed by atoms with Crippen LogP contribution in [0.2, 0.25) is 0 Å². The molecule has 141 heavy (non-hydrogen) atoms. The third kappa shape index (κ3) is 115. The molecule has 0 saturated carbocycles. The van der Waals surface area contributed by atoms with Crippen LogP contribution in [-0.4, -0.2) is 95.9 Å². The van der Waals surface area contributed by atoms with Crippen molar-refractivity contribution in [1.82, 2.24) is 0 Å². The molecule has 0 aliphatic heterocycles. The van der Waals surface area contributed by atoms with Crippen LogP contribution in [0.4, 0.5) is 0 Å². The fraction of sp³-hybridized carbons (Fsp3) is 0.715. The van der Waals surface area contributed by atoms with Crippen LogP contribution in [0.15, 0.2) is 194 Å². The number of ether oxygens (including phenoxy) is 3. The zero-order valence-electron chi connectivity index (χ0n) is 90.3. The molecule has 5 unspecified atom stereocenters. The number of allylic oxidation sites excluding steroid dienone is 32. The number of phosphoric ester groups is 2. The van der Waals surface area contributed by atoms with E-state index in [1.807, 2.05) is 0 Å². The second-order valence-electron chi connectivity index (χ2n) is 38.5. The van der Waals surface area contributed by atoms with E-state index >= 15 is 0 Å². The van der Waals surface area contributed by atoms with Gasteiger partial charge in [0.2, 0.25) is 0 Å². The number of esters is 3. The molecule has 0 aliphatic carbocycles. The molecule has 0 bridgehead atoms. The highest BCUT2D eigenvalue weighted by Crippen LogP contribution is 2.45. The summed E-state index contributed by atoms with van der Waals surface area (Å²) in [5.74, 6) is -1.55. The van der Waals surface area contributed by atoms with Crippen molar-refractivity contribution >= 4 is 33.6 Å². The van der Waals surface area contributed by atoms with Crippen LogP contribution in [0.1, 0.15) is 509 Å². The Morgan fingerprint density at radius 3 is 0.596 bits per heavy atom. The van der Waals surface area contributed by atoms with E-state index in [4.69, 9.17) is 32.3 Å². The second kappa shape index (κ2) is 113. The Morgan fingerprint density at radius 1 is 0.206 bits per heavy atom. The van der Waals surface area contributed by atoms with Crippen molar-refractivity contribution in [3.05, 3.63) is 194 Å². The van der Waals surface area contributed by atoms with Crippen LogP contribution in [-0.2, 0) is 55.8 Å². The van der Waals surface area contributed by atoms with Crippen LogP contribution in [0, 0.1) is 0 Å². The van der Waals surface area contributed by atoms with E-state index in [0.29, 0.717) is 19.3 Å². The van der Waals surface area contributed by atoms with E-state index in [2.05, 4.69) is 215 Å². The minimum Gasteiger partial charge on any atom is -0.463 e. The molecule has 18 heteroatoms. The molecule has 0 radical (unpaired) electrons. The van der Waals surface area contributed by atoms with Crippen LogP contribution in [0.5, 0.6) is 0 Å². The number of rotatable bonds is 109. The minimum absolute atomic E-state index is 0.105. The van der Waals surface area contributed by atoms with E-state index in [-0.39, 0.29) is 19.3 Å². The molecule has 0 saturated heterocycles. The van der Waals surface area contributed by atoms with Crippen molar-refractivity contribution in [2.24, 2.45) is 0 Å². The van der Waals surface area contributed by atoms with Gasteiger partial charge in [0.1, 0.15) is 25.4 Å². The molecule has 0 spiro atoms. The van der Waals surface area contributed by atoms with Crippen molar-refractivity contribution in [2.45, 2.75) is 527 Å². The van der Waals surface area contributed by atoms with E-state index in [9.17, 15) is 43.5 Å². The summed E-state index contributed by atoms with van der Waals surface area (Å²) in [6, 6.07) is 0. The molecule has 5 atom stereocenters. The van der Waals surface area contributed by atoms with E-state index in [1.54, 1.807) is 0 Å². The highest BCUT2D eigenvalue weighted by molar-refractivity contribution is 7.47. The maximum Gasteiger partial charge on any atom is 0.472 e. The number of phosphoric acid groups is 2. The summed E-state index contributed by atoms with van der Waals surface area (Å²) in [6.45, 7) is 2.53. The lowest BCUT2D eigenvalue weighted by Crippen LogP contribution is -2.30. The summed E-state index contributed by atoms with van der Waals surface area (Å²) in [6.07, 6.45) is 154. The Balaban J connectivity index is 4.61. The molecule has 0 heterocycles. The van der Waals surface area contributed by atoms with Crippen molar-refractivity contribution < 1.29 is 75.8 Å². The van der Waals surface area contributed by atoms with Gasteiger partial charge in [0.05, 0.1) is 26.4 Å². The van der Waals surface area contributed by atoms with Gasteiger partial charge < -0.3 is 34.2 Å². The smallest absolute Gasteiger partial charge is 0.463 e. The number of carbonyl (C=O) groups is 3. The maximum absolute atomic E-state index is 13.2. The summed E-state index contributed by atoms with van der Waals surface area (Å²) in [4.78, 5) is 59.4. The monoisotopic (exact) mass is 2010 g/mol. The highest BCUT2D eigenvalue weighted by atomic mass is 31.2. The van der Waals surface area contributed by atoms with Gasteiger partial charge in [-0.15, -0.1) is 0 Å². The number of aliphatic hydroxyl groups excluding tert-OH is 2. The molecule has 0 aliphatic rings. The molecule has 4 N–H and O–H groups in total. The number of aliphatic hydroxyl groups is 2. The Labute approximate surface area is 865 Å². The van der Waals surface area contributed by atoms with E-state index in [1.165, 1.54) is 289 Å². The Bertz CT molecular complexity index is 3350. The van der Waals surface area contributed by atoms with Gasteiger partial charge in [-0.3, -0.25) is 32.5 Å². The fourth-order valence-corrected chi connectivity index (χ4v) is 17.7. The van der Waals surface area contributed by atoms with Gasteiger partial charge in [-0.2, -0.15) is 0 Å². The lowest BCUT2D eigenvalue weighted by molar-refractivity contribution is -0.161. The predicted molar refractivity (Wildman–Crippen MR) is 601 cm³/mol. The normalized spacial score (nSPS) is 14.2. The van der Waals surface area contributed by atoms with Crippen LogP contribution in [0.25, 0.3) is 0 Å². The number of carbonyl (C=O) groups excluding carboxylic acids is 3. The lowest BCUT2D eigenvalue weighted by Gasteiger charge is -2.21. The first kappa shape index (κ1) is 135. The molecule has 0 aromatic carbocycles. The van der Waals surface area contributed by atoms with Crippen LogP contribution in [0.3, 0.4) is 0 Å². The molecule has 0 fully saturated rings. The van der Waals surface area contributed by atoms with E-state index < -0.39 is 91.5 Å². The second-order valence-corrected chi connectivity index (χ2v) is 41.4. The molecule has 810 valence electrons. The third-order valence-electron chi connectivity index (χ3n) is 24.8. The number of hydrogen-bond donors (Lipinski definition) is 4. The molecule has 0 aromatic heterocycles. The van der Waals surface area contributed by atoms with Crippen molar-refractivity contribution in [2.75, 3.05) is 39.6 Å². The topological polar surface area (TPSA) is 231 Å². The molecule has 0 rings (SSSR count). The first-order valence-corrected chi connectivity index (χ1v) is 60.7. The Morgan fingerprint density at radius 2 is 0.376 bits per heavy atom. The number of hydrogen-bond acceptors (Lipinski definition) is 14. The summed E-state index contributed by atoms with van der Waals surface area (Å²) in [5, 5.41) is 20.9. The van der Waals surface area contributed by atoms with Gasteiger partial charge in [0.15, 0.2) is 6.10 Å². The van der Waals surface area contributed by atoms with Gasteiger partial charge in [-0.05, 0) is 167 Å². The van der Waals surface area contributed by atoms with Crippen molar-refractivity contribution in [3.8, 4) is 0 Å². The van der Waals surface area contributed by atoms with Gasteiger partial charge in [0.25, 0.3) is 0 Å². The van der Waals surface area contributed by atoms with Gasteiger partial charge in [-0.1, -0.05) is 517 Å². The maximum atomic E-state index is 13.2. The van der Waals surface area contributed by atoms with Crippen molar-refractivity contribution in [3.63, 3.8) is 0 Å². The number of unbranched alkanes of at least 4 members (excludes halogenated alkanes) is 54. The van der Waals surface area contributed by atoms with Gasteiger partial charge in [0, 0.05) is 19.3 Å². The van der Waals surface area contributed by atoms with Crippen molar-refractivity contribution in [1.29, 1.82) is 0 Å². The van der Waals surface area contributed by atoms with Gasteiger partial charge in [-0.25, -0.2) is 9.13 Å². The lowest BCUT2D eigenvalue weighted by atomic mass is 10.0. The fourth-order valence-electron chi connectivity index (χ4n) is 16.2. The first-order chi connectivity index (χ1) is 69.2. The quantitative estimate of drug-likeness (QED) is 0.0146. The highest BCUT2D eigenvalue weighted by Gasteiger charge is 2.30. The zero-order chi connectivity index (χ0) is 102. The molecular weight excluding hydrogens is 1800 g/mol. The van der Waals surface area contributed by atoms with E-state index in [0.717, 1.165) is 161 Å². The summed E-state index contributed by atoms with van der Waals surface area (Å²) >= 11 is 0. The van der Waals surface area contributed by atoms with Gasteiger partial charge >= 0.3 is 33.6 Å². The summed E-state index contributed by atoms with van der Waals surface area (Å²) in [7, 11) is -9.83. The average Bonchev–Trinajstić information content (AvgIpc) is 0.899. The van der Waals surface area contributed by atoms with Crippen LogP contribution >= 0.6 is 15.6 Å². The summed E-state index contributed by atoms with van der Waals surface area (Å²) in [5.41, 5.74) is 0. The minimum atomic E-state index is -4.95. The zero-order valence-corrected chi connectivity index (χ0v) is 92.1. The SMILES string of the molecule is CC/C=C\C/C=C\C/C=C\C/C=C\C/C=C\C/C=C\CCCCCCCCCCCCCCCCCCC(=O)OCC(O)COP(=O)(O)OCC(O)COP(=O)(O)OCC(COC(=O)CCCCCCCCCCCCCCCCCC/C=C\C/C=C\C/C=C\C/C=C\C/C=C\C/C=C\CC)OC(=O)CCCCCCCCCCCCCCCCCCCCC/C=C\C/C=C\C/C=C\C/C=C\CCCCC. The molecular formula is C123H212O16P2. The Kier molecular flexibility index (Phi) is 109. The van der Waals surface area contributed by atoms with Crippen LogP contribution < -0.4 is 0 Å². The Hall–Kier alpha value is -5.61. The predicted octanol–water partition coefficient (Wildman–Crippen LogP) is 37.6. The molecule has 16 nitrogen and oxygen atoms in total. The third-order valence-corrected chi connectivity index (χ3v) is 26.7. The average molecular weight is 2010 g/mol.